The highest BCUT2D eigenvalue weighted by Gasteiger charge is 2.19. The zero-order valence-electron chi connectivity index (χ0n) is 7.32. The molecule has 0 aliphatic rings. The summed E-state index contributed by atoms with van der Waals surface area (Å²) in [5.41, 5.74) is 6.00. The molecule has 0 saturated heterocycles. The van der Waals surface area contributed by atoms with Gasteiger partial charge in [-0.3, -0.25) is 4.79 Å². The first kappa shape index (κ1) is 11.3. The number of aliphatic hydroxyl groups is 2. The van der Waals surface area contributed by atoms with Crippen LogP contribution in [0.4, 0.5) is 0 Å². The summed E-state index contributed by atoms with van der Waals surface area (Å²) in [5, 5.41) is 18.4. The lowest BCUT2D eigenvalue weighted by Crippen LogP contribution is -2.35. The number of rotatable bonds is 4. The molecule has 0 aliphatic carbocycles. The number of carbonyl (C=O) groups is 1. The number of aldehydes is 1. The fraction of sp³-hybridized carbons (Fsp3) is 0.625. The molecule has 12 heavy (non-hydrogen) atoms. The van der Waals surface area contributed by atoms with E-state index < -0.39 is 12.2 Å². The molecule has 0 amide bonds. The second kappa shape index (κ2) is 5.03. The first-order valence-corrected chi connectivity index (χ1v) is 3.73. The predicted octanol–water partition coefficient (Wildman–Crippen LogP) is -0.798. The Hall–Kier alpha value is -0.710. The minimum atomic E-state index is -1.17. The van der Waals surface area contributed by atoms with Crippen molar-refractivity contribution in [3.05, 3.63) is 11.1 Å². The minimum absolute atomic E-state index is 0.0637. The van der Waals surface area contributed by atoms with Gasteiger partial charge in [0.15, 0.2) is 0 Å². The summed E-state index contributed by atoms with van der Waals surface area (Å²) in [6, 6.07) is 0. The summed E-state index contributed by atoms with van der Waals surface area (Å²) < 4.78 is 0. The largest absolute Gasteiger partial charge is 0.389 e. The molecule has 1 unspecified atom stereocenters. The van der Waals surface area contributed by atoms with E-state index in [2.05, 4.69) is 0 Å². The zero-order valence-corrected chi connectivity index (χ0v) is 7.32. The van der Waals surface area contributed by atoms with Gasteiger partial charge in [0, 0.05) is 12.1 Å². The second-order valence-corrected chi connectivity index (χ2v) is 2.82. The maximum absolute atomic E-state index is 10.4. The van der Waals surface area contributed by atoms with Crippen LogP contribution in [-0.4, -0.2) is 35.3 Å². The van der Waals surface area contributed by atoms with Crippen LogP contribution in [0.25, 0.3) is 0 Å². The Kier molecular flexibility index (Phi) is 4.73. The molecular weight excluding hydrogens is 158 g/mol. The molecule has 4 N–H and O–H groups in total. The minimum Gasteiger partial charge on any atom is -0.389 e. The van der Waals surface area contributed by atoms with Crippen molar-refractivity contribution >= 4 is 6.29 Å². The van der Waals surface area contributed by atoms with Crippen molar-refractivity contribution in [2.45, 2.75) is 26.1 Å². The highest BCUT2D eigenvalue weighted by atomic mass is 16.3. The van der Waals surface area contributed by atoms with E-state index in [0.717, 1.165) is 0 Å². The highest BCUT2D eigenvalue weighted by Crippen LogP contribution is 2.08. The van der Waals surface area contributed by atoms with Gasteiger partial charge in [0.25, 0.3) is 0 Å². The van der Waals surface area contributed by atoms with Gasteiger partial charge in [0.1, 0.15) is 12.4 Å². The SMILES string of the molecule is CC(C)=C(C=O)C(O)[C@@H](O)CN. The maximum atomic E-state index is 10.4. The van der Waals surface area contributed by atoms with E-state index in [1.54, 1.807) is 13.8 Å². The molecule has 0 heterocycles. The molecule has 0 aromatic heterocycles. The third kappa shape index (κ3) is 2.73. The summed E-state index contributed by atoms with van der Waals surface area (Å²) in [5.74, 6) is 0. The fourth-order valence-corrected chi connectivity index (χ4v) is 0.819. The van der Waals surface area contributed by atoms with Crippen LogP contribution in [0.3, 0.4) is 0 Å². The predicted molar refractivity (Wildman–Crippen MR) is 45.5 cm³/mol. The van der Waals surface area contributed by atoms with E-state index in [4.69, 9.17) is 10.8 Å². The Bertz CT molecular complexity index is 185. The lowest BCUT2D eigenvalue weighted by molar-refractivity contribution is -0.106. The van der Waals surface area contributed by atoms with Crippen molar-refractivity contribution in [1.29, 1.82) is 0 Å². The van der Waals surface area contributed by atoms with Gasteiger partial charge in [-0.05, 0) is 13.8 Å². The van der Waals surface area contributed by atoms with Crippen molar-refractivity contribution < 1.29 is 15.0 Å². The van der Waals surface area contributed by atoms with E-state index in [1.807, 2.05) is 0 Å². The van der Waals surface area contributed by atoms with Gasteiger partial charge in [-0.15, -0.1) is 0 Å². The number of hydrogen-bond acceptors (Lipinski definition) is 4. The molecule has 2 atom stereocenters. The van der Waals surface area contributed by atoms with Gasteiger partial charge in [0.05, 0.1) is 6.10 Å². The van der Waals surface area contributed by atoms with Crippen LogP contribution >= 0.6 is 0 Å². The molecule has 4 nitrogen and oxygen atoms in total. The van der Waals surface area contributed by atoms with Gasteiger partial charge >= 0.3 is 0 Å². The van der Waals surface area contributed by atoms with E-state index in [9.17, 15) is 9.90 Å². The van der Waals surface area contributed by atoms with E-state index >= 15 is 0 Å². The van der Waals surface area contributed by atoms with Crippen molar-refractivity contribution in [3.8, 4) is 0 Å². The Morgan fingerprint density at radius 3 is 2.25 bits per heavy atom. The molecule has 4 heteroatoms. The Morgan fingerprint density at radius 2 is 2.00 bits per heavy atom. The molecule has 0 aliphatic heterocycles. The molecule has 0 spiro atoms. The van der Waals surface area contributed by atoms with Crippen LogP contribution in [-0.2, 0) is 4.79 Å². The summed E-state index contributed by atoms with van der Waals surface area (Å²) in [6.07, 6.45) is -1.70. The van der Waals surface area contributed by atoms with Crippen molar-refractivity contribution in [3.63, 3.8) is 0 Å². The fourth-order valence-electron chi connectivity index (χ4n) is 0.819. The topological polar surface area (TPSA) is 83.5 Å². The highest BCUT2D eigenvalue weighted by molar-refractivity contribution is 5.76. The first-order chi connectivity index (χ1) is 5.54. The van der Waals surface area contributed by atoms with Crippen molar-refractivity contribution in [1.82, 2.24) is 0 Å². The van der Waals surface area contributed by atoms with Crippen LogP contribution in [0, 0.1) is 0 Å². The Morgan fingerprint density at radius 1 is 1.50 bits per heavy atom. The van der Waals surface area contributed by atoms with Crippen LogP contribution in [0.15, 0.2) is 11.1 Å². The van der Waals surface area contributed by atoms with Crippen LogP contribution < -0.4 is 5.73 Å². The Balaban J connectivity index is 4.54. The lowest BCUT2D eigenvalue weighted by Gasteiger charge is -2.16. The van der Waals surface area contributed by atoms with Gasteiger partial charge in [-0.1, -0.05) is 5.57 Å². The number of nitrogens with two attached hydrogens (primary N) is 1. The smallest absolute Gasteiger partial charge is 0.148 e. The molecule has 70 valence electrons. The van der Waals surface area contributed by atoms with Crippen molar-refractivity contribution in [2.24, 2.45) is 5.73 Å². The van der Waals surface area contributed by atoms with E-state index in [0.29, 0.717) is 11.9 Å². The number of allylic oxidation sites excluding steroid dienone is 1. The monoisotopic (exact) mass is 173 g/mol. The average Bonchev–Trinajstić information content (AvgIpc) is 2.03. The normalized spacial score (nSPS) is 15.1. The van der Waals surface area contributed by atoms with Gasteiger partial charge in [0.2, 0.25) is 0 Å². The van der Waals surface area contributed by atoms with Gasteiger partial charge < -0.3 is 15.9 Å². The van der Waals surface area contributed by atoms with E-state index in [1.165, 1.54) is 0 Å². The first-order valence-electron chi connectivity index (χ1n) is 3.73. The van der Waals surface area contributed by atoms with Crippen LogP contribution in [0.5, 0.6) is 0 Å². The quantitative estimate of drug-likeness (QED) is 0.384. The van der Waals surface area contributed by atoms with Crippen LogP contribution in [0.1, 0.15) is 13.8 Å². The van der Waals surface area contributed by atoms with E-state index in [-0.39, 0.29) is 12.1 Å². The molecule has 0 aromatic rings. The van der Waals surface area contributed by atoms with Gasteiger partial charge in [-0.2, -0.15) is 0 Å². The molecule has 0 saturated carbocycles. The van der Waals surface area contributed by atoms with Gasteiger partial charge in [-0.25, -0.2) is 0 Å². The van der Waals surface area contributed by atoms with Crippen molar-refractivity contribution in [2.75, 3.05) is 6.54 Å². The third-order valence-electron chi connectivity index (χ3n) is 1.63. The summed E-state index contributed by atoms with van der Waals surface area (Å²) in [6.45, 7) is 3.32. The lowest BCUT2D eigenvalue weighted by atomic mass is 10.0. The zero-order chi connectivity index (χ0) is 9.72. The standard InChI is InChI=1S/C8H15NO3/c1-5(2)6(4-10)8(12)7(11)3-9/h4,7-8,11-12H,3,9H2,1-2H3/t7-,8?/m0/s1. The molecule has 0 radical (unpaired) electrons. The number of carbonyl (C=O) groups excluding carboxylic acids is 1. The number of aliphatic hydroxyl groups excluding tert-OH is 2. The summed E-state index contributed by atoms with van der Waals surface area (Å²) >= 11 is 0. The Labute approximate surface area is 71.7 Å². The molecule has 0 rings (SSSR count). The summed E-state index contributed by atoms with van der Waals surface area (Å²) in [7, 11) is 0. The second-order valence-electron chi connectivity index (χ2n) is 2.82. The maximum Gasteiger partial charge on any atom is 0.148 e. The van der Waals surface area contributed by atoms with Crippen LogP contribution in [0.2, 0.25) is 0 Å². The molecule has 0 aromatic carbocycles. The molecule has 0 bridgehead atoms. The molecule has 0 fully saturated rings. The molecular formula is C8H15NO3. The third-order valence-corrected chi connectivity index (χ3v) is 1.63. The summed E-state index contributed by atoms with van der Waals surface area (Å²) in [4.78, 5) is 10.4. The number of hydrogen-bond donors (Lipinski definition) is 3. The average molecular weight is 173 g/mol.